The lowest BCUT2D eigenvalue weighted by Gasteiger charge is -2.15. The number of alkyl halides is 3. The van der Waals surface area contributed by atoms with Crippen molar-refractivity contribution < 1.29 is 32.3 Å². The van der Waals surface area contributed by atoms with Gasteiger partial charge in [-0.05, 0) is 18.2 Å². The lowest BCUT2D eigenvalue weighted by molar-refractivity contribution is -0.145. The molecule has 1 aromatic heterocycles. The van der Waals surface area contributed by atoms with Gasteiger partial charge in [0, 0.05) is 13.1 Å². The molecule has 0 radical (unpaired) electrons. The second-order valence-corrected chi connectivity index (χ2v) is 6.09. The van der Waals surface area contributed by atoms with Gasteiger partial charge in [0.15, 0.2) is 5.82 Å². The number of nitrogens with zero attached hydrogens (tertiary/aromatic N) is 2. The Morgan fingerprint density at radius 2 is 1.87 bits per heavy atom. The monoisotopic (exact) mass is 446 g/mol. The smallest absolute Gasteiger partial charge is 0.417 e. The molecule has 0 aliphatic carbocycles. The van der Waals surface area contributed by atoms with Crippen LogP contribution < -0.4 is 20.3 Å². The largest absolute Gasteiger partial charge is 0.496 e. The molecule has 0 fully saturated rings. The molecule has 2 rings (SSSR count). The molecule has 12 heteroatoms. The molecule has 1 aromatic carbocycles. The fraction of sp³-hybridized carbons (Fsp3) is 0.278. The van der Waals surface area contributed by atoms with E-state index in [-0.39, 0.29) is 23.3 Å². The molecule has 0 aliphatic heterocycles. The van der Waals surface area contributed by atoms with Crippen LogP contribution in [0.3, 0.4) is 0 Å². The molecule has 0 aliphatic rings. The molecule has 30 heavy (non-hydrogen) atoms. The summed E-state index contributed by atoms with van der Waals surface area (Å²) in [5, 5.41) is 2.29. The maximum absolute atomic E-state index is 12.8. The van der Waals surface area contributed by atoms with Gasteiger partial charge in [-0.3, -0.25) is 4.79 Å². The third-order valence-corrected chi connectivity index (χ3v) is 3.91. The van der Waals surface area contributed by atoms with Crippen molar-refractivity contribution >= 4 is 29.3 Å². The summed E-state index contributed by atoms with van der Waals surface area (Å²) in [6.45, 7) is 1.15. The summed E-state index contributed by atoms with van der Waals surface area (Å²) in [7, 11) is 2.95. The Balaban J connectivity index is 2.32. The predicted molar refractivity (Wildman–Crippen MR) is 103 cm³/mol. The van der Waals surface area contributed by atoms with Gasteiger partial charge in [-0.25, -0.2) is 9.98 Å². The summed E-state index contributed by atoms with van der Waals surface area (Å²) < 4.78 is 48.9. The van der Waals surface area contributed by atoms with Crippen LogP contribution in [0.25, 0.3) is 0 Å². The highest BCUT2D eigenvalue weighted by Gasteiger charge is 2.31. The average Bonchev–Trinajstić information content (AvgIpc) is 2.69. The number of guanidine groups is 1. The minimum Gasteiger partial charge on any atom is -0.496 e. The molecule has 0 amide bonds. The Labute approximate surface area is 175 Å². The van der Waals surface area contributed by atoms with Gasteiger partial charge in [0.1, 0.15) is 11.5 Å². The Hall–Kier alpha value is -3.21. The number of anilines is 1. The summed E-state index contributed by atoms with van der Waals surface area (Å²) in [5.41, 5.74) is 1.84. The number of pyridine rings is 1. The number of hydrogen-bond donors (Lipinski definition) is 2. The van der Waals surface area contributed by atoms with E-state index in [2.05, 4.69) is 20.8 Å². The number of hydroxylamine groups is 1. The second-order valence-electron chi connectivity index (χ2n) is 5.68. The van der Waals surface area contributed by atoms with E-state index in [4.69, 9.17) is 25.9 Å². The van der Waals surface area contributed by atoms with Crippen LogP contribution in [0.15, 0.2) is 35.5 Å². The van der Waals surface area contributed by atoms with Gasteiger partial charge >= 0.3 is 12.1 Å². The SMILES string of the molecule is COc1cccc(OC)c1CN=C(NOC(C)=O)Nc1ncc(C(F)(F)F)cc1Cl. The van der Waals surface area contributed by atoms with Crippen molar-refractivity contribution in [2.45, 2.75) is 19.6 Å². The number of hydrogen-bond acceptors (Lipinski definition) is 6. The van der Waals surface area contributed by atoms with Crippen molar-refractivity contribution in [1.29, 1.82) is 0 Å². The van der Waals surface area contributed by atoms with Gasteiger partial charge in [0.2, 0.25) is 5.96 Å². The highest BCUT2D eigenvalue weighted by atomic mass is 35.5. The third-order valence-electron chi connectivity index (χ3n) is 3.62. The highest BCUT2D eigenvalue weighted by Crippen LogP contribution is 2.32. The van der Waals surface area contributed by atoms with Crippen molar-refractivity contribution in [3.63, 3.8) is 0 Å². The molecule has 2 aromatic rings. The predicted octanol–water partition coefficient (Wildman–Crippen LogP) is 3.81. The fourth-order valence-corrected chi connectivity index (χ4v) is 2.47. The standard InChI is InChI=1S/C18H18ClF3N4O4/c1-10(27)30-26-17(24-9-12-14(28-2)5-4-6-15(12)29-3)25-16-13(19)7-11(8-23-16)18(20,21)22/h4-8H,9H2,1-3H3,(H2,23,24,25,26). The normalized spacial score (nSPS) is 11.6. The Bertz CT molecular complexity index is 916. The summed E-state index contributed by atoms with van der Waals surface area (Å²) in [6, 6.07) is 5.85. The van der Waals surface area contributed by atoms with Crippen molar-refractivity contribution in [1.82, 2.24) is 10.5 Å². The number of nitrogens with one attached hydrogen (secondary N) is 2. The maximum Gasteiger partial charge on any atom is 0.417 e. The lowest BCUT2D eigenvalue weighted by atomic mass is 10.2. The number of ether oxygens (including phenoxy) is 2. The number of rotatable bonds is 5. The summed E-state index contributed by atoms with van der Waals surface area (Å²) in [6.07, 6.45) is -3.98. The first-order valence-electron chi connectivity index (χ1n) is 8.33. The van der Waals surface area contributed by atoms with Crippen LogP contribution in [-0.2, 0) is 22.4 Å². The van der Waals surface area contributed by atoms with Crippen molar-refractivity contribution in [3.8, 4) is 11.5 Å². The van der Waals surface area contributed by atoms with Gasteiger partial charge in [-0.2, -0.15) is 18.7 Å². The molecule has 1 heterocycles. The lowest BCUT2D eigenvalue weighted by Crippen LogP contribution is -2.33. The molecule has 0 bridgehead atoms. The van der Waals surface area contributed by atoms with E-state index in [0.717, 1.165) is 6.92 Å². The quantitative estimate of drug-likeness (QED) is 0.410. The Morgan fingerprint density at radius 1 is 1.23 bits per heavy atom. The first-order valence-corrected chi connectivity index (χ1v) is 8.71. The maximum atomic E-state index is 12.8. The zero-order valence-electron chi connectivity index (χ0n) is 16.1. The van der Waals surface area contributed by atoms with Gasteiger partial charge in [0.25, 0.3) is 0 Å². The molecule has 0 atom stereocenters. The minimum atomic E-state index is -4.59. The van der Waals surface area contributed by atoms with Crippen LogP contribution >= 0.6 is 11.6 Å². The van der Waals surface area contributed by atoms with Gasteiger partial charge in [0.05, 0.1) is 36.9 Å². The zero-order chi connectivity index (χ0) is 22.3. The van der Waals surface area contributed by atoms with E-state index in [0.29, 0.717) is 29.3 Å². The number of methoxy groups -OCH3 is 2. The topological polar surface area (TPSA) is 94.1 Å². The van der Waals surface area contributed by atoms with Crippen LogP contribution in [0.2, 0.25) is 5.02 Å². The Kier molecular flexibility index (Phi) is 7.70. The molecule has 0 unspecified atom stereocenters. The molecule has 162 valence electrons. The minimum absolute atomic E-state index is 0.00202. The number of halogens is 4. The van der Waals surface area contributed by atoms with Crippen molar-refractivity contribution in [3.05, 3.63) is 46.6 Å². The molecular formula is C18H18ClF3N4O4. The van der Waals surface area contributed by atoms with Gasteiger partial charge in [-0.15, -0.1) is 0 Å². The van der Waals surface area contributed by atoms with E-state index >= 15 is 0 Å². The molecule has 0 spiro atoms. The second kappa shape index (κ2) is 10.0. The summed E-state index contributed by atoms with van der Waals surface area (Å²) in [4.78, 5) is 23.7. The van der Waals surface area contributed by atoms with E-state index in [1.807, 2.05) is 0 Å². The molecule has 2 N–H and O–H groups in total. The summed E-state index contributed by atoms with van der Waals surface area (Å²) in [5.74, 6) is 0.0551. The highest BCUT2D eigenvalue weighted by molar-refractivity contribution is 6.33. The van der Waals surface area contributed by atoms with Crippen LogP contribution in [0, 0.1) is 0 Å². The number of aromatic nitrogens is 1. The first kappa shape index (κ1) is 23.1. The van der Waals surface area contributed by atoms with Crippen LogP contribution in [0.4, 0.5) is 19.0 Å². The van der Waals surface area contributed by atoms with Crippen LogP contribution in [0.1, 0.15) is 18.1 Å². The number of carbonyl (C=O) groups excluding carboxylic acids is 1. The third kappa shape index (κ3) is 6.14. The van der Waals surface area contributed by atoms with E-state index < -0.39 is 17.7 Å². The fourth-order valence-electron chi connectivity index (χ4n) is 2.26. The van der Waals surface area contributed by atoms with Gasteiger partial charge in [-0.1, -0.05) is 17.7 Å². The van der Waals surface area contributed by atoms with Crippen molar-refractivity contribution in [2.24, 2.45) is 4.99 Å². The zero-order valence-corrected chi connectivity index (χ0v) is 16.9. The summed E-state index contributed by atoms with van der Waals surface area (Å²) >= 11 is 5.90. The van der Waals surface area contributed by atoms with E-state index in [1.54, 1.807) is 18.2 Å². The molecule has 0 saturated heterocycles. The number of carbonyl (C=O) groups is 1. The van der Waals surface area contributed by atoms with E-state index in [9.17, 15) is 18.0 Å². The number of benzene rings is 1. The van der Waals surface area contributed by atoms with Gasteiger partial charge < -0.3 is 19.6 Å². The molecule has 0 saturated carbocycles. The van der Waals surface area contributed by atoms with Crippen molar-refractivity contribution in [2.75, 3.05) is 19.5 Å². The Morgan fingerprint density at radius 3 is 2.37 bits per heavy atom. The molecular weight excluding hydrogens is 429 g/mol. The molecule has 8 nitrogen and oxygen atoms in total. The van der Waals surface area contributed by atoms with Crippen LogP contribution in [-0.4, -0.2) is 31.1 Å². The first-order chi connectivity index (χ1) is 14.2. The van der Waals surface area contributed by atoms with Crippen LogP contribution in [0.5, 0.6) is 11.5 Å². The number of aliphatic imine (C=N–C) groups is 1. The van der Waals surface area contributed by atoms with E-state index in [1.165, 1.54) is 14.2 Å². The average molecular weight is 447 g/mol.